The maximum atomic E-state index is 12.4. The summed E-state index contributed by atoms with van der Waals surface area (Å²) in [6, 6.07) is 14.5. The zero-order valence-electron chi connectivity index (χ0n) is 10.8. The van der Waals surface area contributed by atoms with Crippen molar-refractivity contribution in [1.29, 1.82) is 0 Å². The fraction of sp³-hybridized carbons (Fsp3) is 0.267. The van der Waals surface area contributed by atoms with Gasteiger partial charge in [0.25, 0.3) is 6.43 Å². The number of alkyl halides is 2. The van der Waals surface area contributed by atoms with Crippen LogP contribution in [0.25, 0.3) is 0 Å². The Hall–Kier alpha value is -1.85. The van der Waals surface area contributed by atoms with Gasteiger partial charge in [-0.3, -0.25) is 4.98 Å². The van der Waals surface area contributed by atoms with Crippen molar-refractivity contribution < 1.29 is 13.9 Å². The van der Waals surface area contributed by atoms with Crippen molar-refractivity contribution in [3.05, 3.63) is 66.0 Å². The number of pyridine rings is 1. The molecule has 0 amide bonds. The van der Waals surface area contributed by atoms with E-state index in [1.54, 1.807) is 12.3 Å². The molecular weight excluding hydrogens is 262 g/mol. The van der Waals surface area contributed by atoms with Crippen LogP contribution in [-0.4, -0.2) is 29.2 Å². The molecule has 1 aromatic heterocycles. The Bertz CT molecular complexity index is 468. The number of aliphatic hydroxyl groups excluding tert-OH is 1. The van der Waals surface area contributed by atoms with E-state index in [-0.39, 0.29) is 12.6 Å². The molecule has 20 heavy (non-hydrogen) atoms. The molecule has 0 aliphatic rings. The zero-order valence-corrected chi connectivity index (χ0v) is 10.8. The van der Waals surface area contributed by atoms with Gasteiger partial charge in [-0.15, -0.1) is 0 Å². The molecule has 3 nitrogen and oxygen atoms in total. The molecule has 2 N–H and O–H groups in total. The van der Waals surface area contributed by atoms with Crippen molar-refractivity contribution in [3.8, 4) is 0 Å². The molecule has 0 bridgehead atoms. The SMILES string of the molecule is OC(CNC(c1ccccc1)c1ccccn1)C(F)F. The number of hydrogen-bond donors (Lipinski definition) is 2. The van der Waals surface area contributed by atoms with Crippen LogP contribution in [0.2, 0.25) is 0 Å². The Balaban J connectivity index is 2.17. The van der Waals surface area contributed by atoms with E-state index in [0.717, 1.165) is 11.3 Å². The van der Waals surface area contributed by atoms with E-state index in [1.807, 2.05) is 42.5 Å². The molecule has 1 aromatic carbocycles. The Morgan fingerprint density at radius 2 is 1.75 bits per heavy atom. The summed E-state index contributed by atoms with van der Waals surface area (Å²) < 4.78 is 24.8. The predicted octanol–water partition coefficient (Wildman–Crippen LogP) is 2.39. The first kappa shape index (κ1) is 14.6. The molecule has 2 unspecified atom stereocenters. The topological polar surface area (TPSA) is 45.1 Å². The van der Waals surface area contributed by atoms with Crippen LogP contribution in [0.5, 0.6) is 0 Å². The summed E-state index contributed by atoms with van der Waals surface area (Å²) in [6.07, 6.45) is -2.80. The van der Waals surface area contributed by atoms with Crippen LogP contribution in [0.4, 0.5) is 8.78 Å². The van der Waals surface area contributed by atoms with Crippen molar-refractivity contribution in [2.45, 2.75) is 18.6 Å². The molecule has 106 valence electrons. The third-order valence-electron chi connectivity index (χ3n) is 2.94. The summed E-state index contributed by atoms with van der Waals surface area (Å²) in [5.74, 6) is 0. The lowest BCUT2D eigenvalue weighted by molar-refractivity contribution is -0.00416. The number of hydrogen-bond acceptors (Lipinski definition) is 3. The molecule has 0 saturated carbocycles. The number of nitrogens with one attached hydrogen (secondary N) is 1. The average Bonchev–Trinajstić information content (AvgIpc) is 2.49. The second-order valence-electron chi connectivity index (χ2n) is 4.41. The second kappa shape index (κ2) is 7.07. The first-order valence-electron chi connectivity index (χ1n) is 6.34. The Morgan fingerprint density at radius 1 is 1.05 bits per heavy atom. The van der Waals surface area contributed by atoms with Gasteiger partial charge < -0.3 is 10.4 Å². The van der Waals surface area contributed by atoms with E-state index in [2.05, 4.69) is 10.3 Å². The molecule has 1 heterocycles. The summed E-state index contributed by atoms with van der Waals surface area (Å²) in [5, 5.41) is 12.2. The summed E-state index contributed by atoms with van der Waals surface area (Å²) in [7, 11) is 0. The van der Waals surface area contributed by atoms with Gasteiger partial charge >= 0.3 is 0 Å². The molecule has 5 heteroatoms. The van der Waals surface area contributed by atoms with Crippen molar-refractivity contribution in [1.82, 2.24) is 10.3 Å². The third-order valence-corrected chi connectivity index (χ3v) is 2.94. The maximum absolute atomic E-state index is 12.4. The van der Waals surface area contributed by atoms with E-state index in [9.17, 15) is 13.9 Å². The first-order valence-corrected chi connectivity index (χ1v) is 6.34. The monoisotopic (exact) mass is 278 g/mol. The second-order valence-corrected chi connectivity index (χ2v) is 4.41. The van der Waals surface area contributed by atoms with Crippen LogP contribution in [0.3, 0.4) is 0 Å². The number of benzene rings is 1. The minimum Gasteiger partial charge on any atom is -0.386 e. The van der Waals surface area contributed by atoms with Crippen molar-refractivity contribution in [2.75, 3.05) is 6.54 Å². The summed E-state index contributed by atoms with van der Waals surface area (Å²) in [6.45, 7) is -0.201. The van der Waals surface area contributed by atoms with Crippen molar-refractivity contribution in [2.24, 2.45) is 0 Å². The molecule has 2 aromatic rings. The van der Waals surface area contributed by atoms with Gasteiger partial charge in [-0.1, -0.05) is 36.4 Å². The lowest BCUT2D eigenvalue weighted by atomic mass is 10.0. The van der Waals surface area contributed by atoms with Crippen LogP contribution >= 0.6 is 0 Å². The molecule has 2 atom stereocenters. The largest absolute Gasteiger partial charge is 0.386 e. The van der Waals surface area contributed by atoms with Gasteiger partial charge in [0.2, 0.25) is 0 Å². The standard InChI is InChI=1S/C15H16F2N2O/c16-15(17)13(20)10-19-14(11-6-2-1-3-7-11)12-8-4-5-9-18-12/h1-9,13-15,19-20H,10H2. The van der Waals surface area contributed by atoms with Gasteiger partial charge in [-0.05, 0) is 17.7 Å². The molecule has 0 spiro atoms. The van der Waals surface area contributed by atoms with Gasteiger partial charge in [0.15, 0.2) is 0 Å². The molecule has 0 fully saturated rings. The van der Waals surface area contributed by atoms with E-state index < -0.39 is 12.5 Å². The number of aliphatic hydroxyl groups is 1. The quantitative estimate of drug-likeness (QED) is 0.853. The van der Waals surface area contributed by atoms with E-state index in [4.69, 9.17) is 0 Å². The molecular formula is C15H16F2N2O. The molecule has 0 aliphatic heterocycles. The minimum atomic E-state index is -2.76. The summed E-state index contributed by atoms with van der Waals surface area (Å²) in [5.41, 5.74) is 1.63. The smallest absolute Gasteiger partial charge is 0.265 e. The zero-order chi connectivity index (χ0) is 14.4. The highest BCUT2D eigenvalue weighted by molar-refractivity contribution is 5.27. The van der Waals surface area contributed by atoms with Gasteiger partial charge in [-0.25, -0.2) is 8.78 Å². The summed E-state index contributed by atoms with van der Waals surface area (Å²) >= 11 is 0. The highest BCUT2D eigenvalue weighted by Gasteiger charge is 2.20. The van der Waals surface area contributed by atoms with E-state index >= 15 is 0 Å². The molecule has 0 saturated heterocycles. The van der Waals surface area contributed by atoms with Crippen LogP contribution < -0.4 is 5.32 Å². The third kappa shape index (κ3) is 3.82. The lowest BCUT2D eigenvalue weighted by Crippen LogP contribution is -2.35. The lowest BCUT2D eigenvalue weighted by Gasteiger charge is -2.20. The van der Waals surface area contributed by atoms with E-state index in [1.165, 1.54) is 0 Å². The van der Waals surface area contributed by atoms with Gasteiger partial charge in [0, 0.05) is 12.7 Å². The van der Waals surface area contributed by atoms with E-state index in [0.29, 0.717) is 0 Å². The Labute approximate surface area is 116 Å². The van der Waals surface area contributed by atoms with Crippen LogP contribution in [-0.2, 0) is 0 Å². The van der Waals surface area contributed by atoms with Gasteiger partial charge in [0.05, 0.1) is 11.7 Å². The fourth-order valence-electron chi connectivity index (χ4n) is 1.91. The predicted molar refractivity (Wildman–Crippen MR) is 72.5 cm³/mol. The first-order chi connectivity index (χ1) is 9.68. The Kier molecular flexibility index (Phi) is 5.15. The minimum absolute atomic E-state index is 0.201. The van der Waals surface area contributed by atoms with Gasteiger partial charge in [0.1, 0.15) is 6.10 Å². The average molecular weight is 278 g/mol. The maximum Gasteiger partial charge on any atom is 0.265 e. The number of rotatable bonds is 6. The Morgan fingerprint density at radius 3 is 2.35 bits per heavy atom. The number of aromatic nitrogens is 1. The highest BCUT2D eigenvalue weighted by atomic mass is 19.3. The number of nitrogens with zero attached hydrogens (tertiary/aromatic N) is 1. The van der Waals surface area contributed by atoms with Crippen molar-refractivity contribution in [3.63, 3.8) is 0 Å². The van der Waals surface area contributed by atoms with Gasteiger partial charge in [-0.2, -0.15) is 0 Å². The number of halogens is 2. The molecule has 0 radical (unpaired) electrons. The highest BCUT2D eigenvalue weighted by Crippen LogP contribution is 2.20. The molecule has 2 rings (SSSR count). The summed E-state index contributed by atoms with van der Waals surface area (Å²) in [4.78, 5) is 4.25. The van der Waals surface area contributed by atoms with Crippen LogP contribution in [0.15, 0.2) is 54.7 Å². The van der Waals surface area contributed by atoms with Crippen molar-refractivity contribution >= 4 is 0 Å². The molecule has 0 aliphatic carbocycles. The van der Waals surface area contributed by atoms with Crippen LogP contribution in [0, 0.1) is 0 Å². The van der Waals surface area contributed by atoms with Crippen LogP contribution in [0.1, 0.15) is 17.3 Å². The fourth-order valence-corrected chi connectivity index (χ4v) is 1.91. The normalized spacial score (nSPS) is 14.2.